The second-order valence-corrected chi connectivity index (χ2v) is 6.10. The van der Waals surface area contributed by atoms with Crippen molar-refractivity contribution in [3.8, 4) is 0 Å². The van der Waals surface area contributed by atoms with Crippen LogP contribution < -0.4 is 0 Å². The van der Waals surface area contributed by atoms with Crippen molar-refractivity contribution in [3.63, 3.8) is 0 Å². The van der Waals surface area contributed by atoms with Crippen molar-refractivity contribution in [1.29, 1.82) is 0 Å². The van der Waals surface area contributed by atoms with Gasteiger partial charge in [0.25, 0.3) is 0 Å². The number of hydrogen-bond donors (Lipinski definition) is 0. The third kappa shape index (κ3) is 4.34. The van der Waals surface area contributed by atoms with Crippen LogP contribution in [0.3, 0.4) is 0 Å². The molecule has 1 saturated heterocycles. The summed E-state index contributed by atoms with van der Waals surface area (Å²) in [4.78, 5) is 24.3. The van der Waals surface area contributed by atoms with E-state index in [1.165, 1.54) is 16.9 Å². The summed E-state index contributed by atoms with van der Waals surface area (Å²) in [6.45, 7) is 1.94. The average molecular weight is 344 g/mol. The van der Waals surface area contributed by atoms with Gasteiger partial charge >= 0.3 is 11.9 Å². The van der Waals surface area contributed by atoms with E-state index in [4.69, 9.17) is 4.74 Å². The van der Waals surface area contributed by atoms with Gasteiger partial charge in [-0.15, -0.1) is 4.68 Å². The molecule has 3 rings (SSSR count). The molecule has 0 radical (unpaired) electrons. The van der Waals surface area contributed by atoms with Crippen molar-refractivity contribution >= 4 is 11.9 Å². The Labute approximate surface area is 145 Å². The fourth-order valence-corrected chi connectivity index (χ4v) is 2.97. The Balaban J connectivity index is 1.46. The van der Waals surface area contributed by atoms with Crippen LogP contribution in [0.4, 0.5) is 10.6 Å². The highest BCUT2D eigenvalue weighted by Gasteiger charge is 2.27. The number of carbonyl (C=O) groups is 1. The topological polar surface area (TPSA) is 90.5 Å². The zero-order valence-electron chi connectivity index (χ0n) is 13.8. The number of aromatic nitrogens is 2. The summed E-state index contributed by atoms with van der Waals surface area (Å²) in [6.07, 6.45) is 2.68. The van der Waals surface area contributed by atoms with Crippen LogP contribution in [0, 0.1) is 16.0 Å². The van der Waals surface area contributed by atoms with Crippen LogP contribution in [-0.2, 0) is 17.9 Å². The van der Waals surface area contributed by atoms with Crippen molar-refractivity contribution in [2.75, 3.05) is 13.1 Å². The van der Waals surface area contributed by atoms with E-state index in [2.05, 4.69) is 5.10 Å². The molecular formula is C17H20N4O4. The quantitative estimate of drug-likeness (QED) is 0.614. The van der Waals surface area contributed by atoms with Crippen molar-refractivity contribution in [1.82, 2.24) is 14.7 Å². The highest BCUT2D eigenvalue weighted by Crippen LogP contribution is 2.22. The van der Waals surface area contributed by atoms with Crippen LogP contribution in [0.15, 0.2) is 42.6 Å². The summed E-state index contributed by atoms with van der Waals surface area (Å²) < 4.78 is 6.76. The van der Waals surface area contributed by atoms with Gasteiger partial charge in [-0.1, -0.05) is 35.4 Å². The van der Waals surface area contributed by atoms with E-state index < -0.39 is 4.92 Å². The summed E-state index contributed by atoms with van der Waals surface area (Å²) >= 11 is 0. The van der Waals surface area contributed by atoms with Gasteiger partial charge in [0.1, 0.15) is 13.2 Å². The minimum atomic E-state index is -0.428. The van der Waals surface area contributed by atoms with Gasteiger partial charge < -0.3 is 19.8 Å². The van der Waals surface area contributed by atoms with Crippen LogP contribution in [0.5, 0.6) is 0 Å². The lowest BCUT2D eigenvalue weighted by atomic mass is 9.97. The zero-order valence-corrected chi connectivity index (χ0v) is 13.8. The van der Waals surface area contributed by atoms with Crippen molar-refractivity contribution in [3.05, 3.63) is 58.3 Å². The first-order valence-electron chi connectivity index (χ1n) is 8.25. The molecule has 1 aromatic carbocycles. The highest BCUT2D eigenvalue weighted by molar-refractivity contribution is 5.67. The molecule has 8 heteroatoms. The number of piperidine rings is 1. The molecule has 1 amide bonds. The standard InChI is InChI=1S/C17H20N4O4/c22-17(25-13-15-4-2-1-3-5-15)19-10-7-14(8-11-19)12-20-16(21(23)24)6-9-18-20/h1-6,9,14H,7-8,10-13H2. The lowest BCUT2D eigenvalue weighted by Crippen LogP contribution is -2.39. The molecule has 0 N–H and O–H groups in total. The molecule has 0 atom stereocenters. The van der Waals surface area contributed by atoms with Crippen LogP contribution in [0.25, 0.3) is 0 Å². The van der Waals surface area contributed by atoms with Crippen LogP contribution in [0.2, 0.25) is 0 Å². The molecule has 2 heterocycles. The van der Waals surface area contributed by atoms with Crippen molar-refractivity contribution in [2.24, 2.45) is 5.92 Å². The second-order valence-electron chi connectivity index (χ2n) is 6.10. The third-order valence-electron chi connectivity index (χ3n) is 4.39. The molecule has 2 aromatic rings. The molecule has 0 aliphatic carbocycles. The fourth-order valence-electron chi connectivity index (χ4n) is 2.97. The van der Waals surface area contributed by atoms with Crippen LogP contribution in [-0.4, -0.2) is 38.8 Å². The molecule has 1 aliphatic rings. The minimum Gasteiger partial charge on any atom is -0.445 e. The maximum absolute atomic E-state index is 12.1. The minimum absolute atomic E-state index is 0.00435. The average Bonchev–Trinajstić information content (AvgIpc) is 3.09. The maximum Gasteiger partial charge on any atom is 0.410 e. The molecule has 1 fully saturated rings. The number of benzene rings is 1. The molecule has 0 saturated carbocycles. The smallest absolute Gasteiger partial charge is 0.410 e. The van der Waals surface area contributed by atoms with E-state index in [1.54, 1.807) is 4.90 Å². The Hall–Kier alpha value is -2.90. The first-order chi connectivity index (χ1) is 12.1. The molecule has 1 aromatic heterocycles. The Kier molecular flexibility index (Phi) is 5.27. The van der Waals surface area contributed by atoms with Gasteiger partial charge in [0.05, 0.1) is 12.3 Å². The molecular weight excluding hydrogens is 324 g/mol. The van der Waals surface area contributed by atoms with E-state index in [0.717, 1.165) is 18.4 Å². The van der Waals surface area contributed by atoms with Crippen molar-refractivity contribution < 1.29 is 14.5 Å². The fraction of sp³-hybridized carbons (Fsp3) is 0.412. The summed E-state index contributed by atoms with van der Waals surface area (Å²) in [5.74, 6) is 0.265. The predicted molar refractivity (Wildman–Crippen MR) is 89.8 cm³/mol. The molecule has 8 nitrogen and oxygen atoms in total. The van der Waals surface area contributed by atoms with Gasteiger partial charge in [0.2, 0.25) is 0 Å². The van der Waals surface area contributed by atoms with Crippen LogP contribution >= 0.6 is 0 Å². The predicted octanol–water partition coefficient (Wildman–Crippen LogP) is 2.84. The lowest BCUT2D eigenvalue weighted by Gasteiger charge is -2.30. The van der Waals surface area contributed by atoms with Gasteiger partial charge in [0, 0.05) is 19.0 Å². The van der Waals surface area contributed by atoms with Gasteiger partial charge in [-0.2, -0.15) is 0 Å². The first kappa shape index (κ1) is 16.9. The molecule has 0 spiro atoms. The second kappa shape index (κ2) is 7.78. The number of nitro groups is 1. The third-order valence-corrected chi connectivity index (χ3v) is 4.39. The number of rotatable bonds is 5. The number of nitrogens with zero attached hydrogens (tertiary/aromatic N) is 4. The maximum atomic E-state index is 12.1. The molecule has 132 valence electrons. The number of ether oxygens (including phenoxy) is 1. The van der Waals surface area contributed by atoms with E-state index in [9.17, 15) is 14.9 Å². The Bertz CT molecular complexity index is 723. The normalized spacial score (nSPS) is 15.1. The zero-order chi connectivity index (χ0) is 17.6. The van der Waals surface area contributed by atoms with Crippen molar-refractivity contribution in [2.45, 2.75) is 26.0 Å². The number of amides is 1. The molecule has 25 heavy (non-hydrogen) atoms. The summed E-state index contributed by atoms with van der Waals surface area (Å²) in [7, 11) is 0. The van der Waals surface area contributed by atoms with Crippen LogP contribution in [0.1, 0.15) is 18.4 Å². The SMILES string of the molecule is O=C(OCc1ccccc1)N1CCC(Cn2nccc2[N+](=O)[O-])CC1. The lowest BCUT2D eigenvalue weighted by molar-refractivity contribution is -0.392. The summed E-state index contributed by atoms with van der Waals surface area (Å²) in [5.41, 5.74) is 0.955. The number of carbonyl (C=O) groups excluding carboxylic acids is 1. The summed E-state index contributed by atoms with van der Waals surface area (Å²) in [6, 6.07) is 11.0. The van der Waals surface area contributed by atoms with E-state index in [-0.39, 0.29) is 24.4 Å². The Morgan fingerprint density at radius 2 is 1.96 bits per heavy atom. The molecule has 0 bridgehead atoms. The van der Waals surface area contributed by atoms with Gasteiger partial charge in [-0.3, -0.25) is 0 Å². The highest BCUT2D eigenvalue weighted by atomic mass is 16.6. The number of hydrogen-bond acceptors (Lipinski definition) is 5. The van der Waals surface area contributed by atoms with E-state index in [1.807, 2.05) is 30.3 Å². The van der Waals surface area contributed by atoms with Gasteiger partial charge in [-0.05, 0) is 23.3 Å². The molecule has 0 unspecified atom stereocenters. The number of likely N-dealkylation sites (tertiary alicyclic amines) is 1. The Morgan fingerprint density at radius 3 is 2.64 bits per heavy atom. The first-order valence-corrected chi connectivity index (χ1v) is 8.25. The van der Waals surface area contributed by atoms with Gasteiger partial charge in [0.15, 0.2) is 0 Å². The van der Waals surface area contributed by atoms with E-state index in [0.29, 0.717) is 19.6 Å². The largest absolute Gasteiger partial charge is 0.445 e. The van der Waals surface area contributed by atoms with E-state index >= 15 is 0 Å². The Morgan fingerprint density at radius 1 is 1.24 bits per heavy atom. The molecule has 1 aliphatic heterocycles. The summed E-state index contributed by atoms with van der Waals surface area (Å²) in [5, 5.41) is 14.9. The van der Waals surface area contributed by atoms with Gasteiger partial charge in [-0.25, -0.2) is 4.79 Å². The monoisotopic (exact) mass is 344 g/mol.